The summed E-state index contributed by atoms with van der Waals surface area (Å²) in [5.41, 5.74) is 6.61. The maximum absolute atomic E-state index is 12.2. The minimum atomic E-state index is -0.548. The van der Waals surface area contributed by atoms with Crippen LogP contribution in [0, 0.1) is 13.8 Å². The number of thiophene rings is 1. The van der Waals surface area contributed by atoms with Crippen LogP contribution in [0.15, 0.2) is 40.9 Å². The molecule has 0 aliphatic heterocycles. The Labute approximate surface area is 185 Å². The number of anilines is 1. The summed E-state index contributed by atoms with van der Waals surface area (Å²) >= 11 is 10.0. The summed E-state index contributed by atoms with van der Waals surface area (Å²) in [4.78, 5) is 24.8. The predicted octanol–water partition coefficient (Wildman–Crippen LogP) is 4.27. The molecule has 4 N–H and O–H groups in total. The fourth-order valence-electron chi connectivity index (χ4n) is 2.78. The lowest BCUT2D eigenvalue weighted by Crippen LogP contribution is -2.37. The first-order valence-corrected chi connectivity index (χ1v) is 10.6. The Balaban J connectivity index is 1.62. The number of carbonyl (C=O) groups is 2. The minimum Gasteiger partial charge on any atom is -0.483 e. The van der Waals surface area contributed by atoms with Gasteiger partial charge in [-0.3, -0.25) is 14.9 Å². The molecular weight excluding hydrogens is 474 g/mol. The van der Waals surface area contributed by atoms with E-state index >= 15 is 0 Å². The molecule has 9 heteroatoms. The van der Waals surface area contributed by atoms with E-state index in [0.717, 1.165) is 25.7 Å². The molecule has 0 bridgehead atoms. The zero-order chi connectivity index (χ0) is 21.1. The van der Waals surface area contributed by atoms with Gasteiger partial charge in [-0.1, -0.05) is 30.3 Å². The van der Waals surface area contributed by atoms with Crippen LogP contribution < -0.4 is 21.1 Å². The molecule has 1 heterocycles. The van der Waals surface area contributed by atoms with E-state index in [1.165, 1.54) is 11.3 Å². The molecule has 2 aromatic carbocycles. The third-order valence-electron chi connectivity index (χ3n) is 4.30. The van der Waals surface area contributed by atoms with Crippen LogP contribution in [0.25, 0.3) is 10.8 Å². The first kappa shape index (κ1) is 21.2. The van der Waals surface area contributed by atoms with Crippen LogP contribution in [0.5, 0.6) is 5.75 Å². The molecule has 3 rings (SSSR count). The minimum absolute atomic E-state index is 0.0694. The molecule has 0 atom stereocenters. The SMILES string of the molecule is Cc1sc(NC(=S)NC(=O)COc2ccc3ccccc3c2Br)c(C(N)=O)c1C. The zero-order valence-electron chi connectivity index (χ0n) is 15.7. The number of fused-ring (bicyclic) bond motifs is 1. The van der Waals surface area contributed by atoms with Crippen LogP contribution in [0.1, 0.15) is 20.8 Å². The molecule has 0 saturated heterocycles. The number of ether oxygens (including phenoxy) is 1. The maximum atomic E-state index is 12.2. The molecule has 3 aromatic rings. The van der Waals surface area contributed by atoms with Crippen molar-refractivity contribution in [3.05, 3.63) is 56.9 Å². The number of hydrogen-bond acceptors (Lipinski definition) is 5. The second kappa shape index (κ2) is 8.89. The van der Waals surface area contributed by atoms with E-state index in [0.29, 0.717) is 16.3 Å². The molecule has 0 radical (unpaired) electrons. The molecule has 1 aromatic heterocycles. The summed E-state index contributed by atoms with van der Waals surface area (Å²) < 4.78 is 6.40. The number of primary amides is 1. The van der Waals surface area contributed by atoms with Crippen molar-refractivity contribution in [1.29, 1.82) is 0 Å². The molecule has 0 aliphatic carbocycles. The number of carbonyl (C=O) groups excluding carboxylic acids is 2. The van der Waals surface area contributed by atoms with Gasteiger partial charge in [0.05, 0.1) is 10.0 Å². The molecule has 6 nitrogen and oxygen atoms in total. The van der Waals surface area contributed by atoms with Crippen molar-refractivity contribution in [2.75, 3.05) is 11.9 Å². The largest absolute Gasteiger partial charge is 0.483 e. The van der Waals surface area contributed by atoms with Gasteiger partial charge in [0.2, 0.25) is 0 Å². The van der Waals surface area contributed by atoms with Gasteiger partial charge in [0.15, 0.2) is 11.7 Å². The summed E-state index contributed by atoms with van der Waals surface area (Å²) in [7, 11) is 0. The molecule has 0 unspecified atom stereocenters. The summed E-state index contributed by atoms with van der Waals surface area (Å²) in [6, 6.07) is 11.6. The van der Waals surface area contributed by atoms with Crippen LogP contribution >= 0.6 is 39.5 Å². The van der Waals surface area contributed by atoms with Crippen molar-refractivity contribution in [2.45, 2.75) is 13.8 Å². The van der Waals surface area contributed by atoms with E-state index in [1.807, 2.05) is 44.2 Å². The van der Waals surface area contributed by atoms with Crippen molar-refractivity contribution >= 4 is 72.2 Å². The summed E-state index contributed by atoms with van der Waals surface area (Å²) in [6.07, 6.45) is 0. The lowest BCUT2D eigenvalue weighted by atomic mass is 10.1. The van der Waals surface area contributed by atoms with Crippen LogP contribution in [-0.2, 0) is 4.79 Å². The van der Waals surface area contributed by atoms with E-state index < -0.39 is 11.8 Å². The smallest absolute Gasteiger partial charge is 0.264 e. The number of nitrogens with two attached hydrogens (primary N) is 1. The van der Waals surface area contributed by atoms with Crippen molar-refractivity contribution < 1.29 is 14.3 Å². The Morgan fingerprint density at radius 1 is 1.21 bits per heavy atom. The van der Waals surface area contributed by atoms with Gasteiger partial charge in [0.25, 0.3) is 11.8 Å². The average molecular weight is 492 g/mol. The Morgan fingerprint density at radius 3 is 2.66 bits per heavy atom. The highest BCUT2D eigenvalue weighted by atomic mass is 79.9. The molecule has 0 fully saturated rings. The van der Waals surface area contributed by atoms with Crippen molar-refractivity contribution in [1.82, 2.24) is 5.32 Å². The van der Waals surface area contributed by atoms with Gasteiger partial charge in [-0.25, -0.2) is 0 Å². The molecule has 0 aliphatic rings. The fourth-order valence-corrected chi connectivity index (χ4v) is 4.74. The lowest BCUT2D eigenvalue weighted by molar-refractivity contribution is -0.121. The molecule has 29 heavy (non-hydrogen) atoms. The highest BCUT2D eigenvalue weighted by molar-refractivity contribution is 9.10. The van der Waals surface area contributed by atoms with Gasteiger partial charge in [0, 0.05) is 4.88 Å². The fraction of sp³-hybridized carbons (Fsp3) is 0.150. The summed E-state index contributed by atoms with van der Waals surface area (Å²) in [5.74, 6) is -0.417. The van der Waals surface area contributed by atoms with Crippen LogP contribution in [0.3, 0.4) is 0 Å². The number of aryl methyl sites for hydroxylation is 1. The van der Waals surface area contributed by atoms with Crippen molar-refractivity contribution in [3.63, 3.8) is 0 Å². The van der Waals surface area contributed by atoms with Crippen molar-refractivity contribution in [2.24, 2.45) is 5.73 Å². The normalized spacial score (nSPS) is 10.6. The van der Waals surface area contributed by atoms with E-state index in [9.17, 15) is 9.59 Å². The van der Waals surface area contributed by atoms with Crippen molar-refractivity contribution in [3.8, 4) is 5.75 Å². The number of amides is 2. The first-order chi connectivity index (χ1) is 13.8. The van der Waals surface area contributed by atoms with Crippen LogP contribution in [0.2, 0.25) is 0 Å². The van der Waals surface area contributed by atoms with E-state index in [1.54, 1.807) is 6.07 Å². The monoisotopic (exact) mass is 491 g/mol. The number of benzene rings is 2. The first-order valence-electron chi connectivity index (χ1n) is 8.58. The Kier molecular flexibility index (Phi) is 6.51. The average Bonchev–Trinajstić information content (AvgIpc) is 2.94. The predicted molar refractivity (Wildman–Crippen MR) is 124 cm³/mol. The topological polar surface area (TPSA) is 93.4 Å². The van der Waals surface area contributed by atoms with Crippen LogP contribution in [-0.4, -0.2) is 23.5 Å². The van der Waals surface area contributed by atoms with Gasteiger partial charge >= 0.3 is 0 Å². The Morgan fingerprint density at radius 2 is 1.93 bits per heavy atom. The maximum Gasteiger partial charge on any atom is 0.264 e. The van der Waals surface area contributed by atoms with Gasteiger partial charge in [-0.05, 0) is 64.4 Å². The number of halogens is 1. The highest BCUT2D eigenvalue weighted by Crippen LogP contribution is 2.33. The highest BCUT2D eigenvalue weighted by Gasteiger charge is 2.18. The standard InChI is InChI=1S/C20H18BrN3O3S2/c1-10-11(2)29-19(16(10)18(22)26)24-20(28)23-15(25)9-27-14-8-7-12-5-3-4-6-13(12)17(14)21/h3-8H,9H2,1-2H3,(H2,22,26)(H2,23,24,25,28). The van der Waals surface area contributed by atoms with Gasteiger partial charge in [-0.2, -0.15) is 0 Å². The number of thiocarbonyl (C=S) groups is 1. The van der Waals surface area contributed by atoms with E-state index in [2.05, 4.69) is 26.6 Å². The molecule has 2 amide bonds. The second-order valence-corrected chi connectivity index (χ2v) is 8.67. The van der Waals surface area contributed by atoms with Gasteiger partial charge < -0.3 is 15.8 Å². The second-order valence-electron chi connectivity index (χ2n) is 6.24. The number of hydrogen-bond donors (Lipinski definition) is 3. The Hall–Kier alpha value is -2.49. The number of nitrogens with one attached hydrogen (secondary N) is 2. The molecule has 0 saturated carbocycles. The molecule has 0 spiro atoms. The lowest BCUT2D eigenvalue weighted by Gasteiger charge is -2.12. The quantitative estimate of drug-likeness (QED) is 0.463. The summed E-state index contributed by atoms with van der Waals surface area (Å²) in [5, 5.41) is 8.05. The molecular formula is C20H18BrN3O3S2. The number of rotatable bonds is 5. The zero-order valence-corrected chi connectivity index (χ0v) is 18.9. The third kappa shape index (κ3) is 4.75. The van der Waals surface area contributed by atoms with Gasteiger partial charge in [-0.15, -0.1) is 11.3 Å². The molecule has 150 valence electrons. The summed E-state index contributed by atoms with van der Waals surface area (Å²) in [6.45, 7) is 3.48. The van der Waals surface area contributed by atoms with E-state index in [-0.39, 0.29) is 11.7 Å². The Bertz CT molecular complexity index is 1130. The van der Waals surface area contributed by atoms with E-state index in [4.69, 9.17) is 22.7 Å². The third-order valence-corrected chi connectivity index (χ3v) is 6.44. The van der Waals surface area contributed by atoms with Crippen LogP contribution in [0.4, 0.5) is 5.00 Å². The van der Waals surface area contributed by atoms with Gasteiger partial charge in [0.1, 0.15) is 10.8 Å².